The topological polar surface area (TPSA) is 506 Å². The molecular weight excluding hydrogens is 605 g/mol. The molecule has 0 aromatic rings. The van der Waals surface area contributed by atoms with Crippen LogP contribution in [0.15, 0.2) is 0 Å². The molecule has 31 heavy (non-hydrogen) atoms. The average Bonchev–Trinajstić information content (AvgIpc) is 1.41. The first-order chi connectivity index (χ1) is 6.00. The predicted octanol–water partition coefficient (Wildman–Crippen LogP) is -24.0. The molecule has 0 aliphatic rings. The van der Waals surface area contributed by atoms with Crippen LogP contribution in [0.25, 0.3) is 0 Å². The third kappa shape index (κ3) is 4970. The summed E-state index contributed by atoms with van der Waals surface area (Å²) in [5, 5.41) is 0. The first-order valence-electron chi connectivity index (χ1n) is 2.19. The van der Waals surface area contributed by atoms with E-state index in [4.69, 9.17) is 57.7 Å². The van der Waals surface area contributed by atoms with E-state index in [1.807, 2.05) is 0 Å². The molecule has 0 atom stereocenters. The molecule has 13 N–H and O–H groups in total. The van der Waals surface area contributed by atoms with Gasteiger partial charge in [0.15, 0.2) is 0 Å². The molecule has 0 radical (unpaired) electrons. The van der Waals surface area contributed by atoms with E-state index in [1.54, 1.807) is 0 Å². The molecule has 0 aromatic heterocycles. The van der Waals surface area contributed by atoms with Gasteiger partial charge >= 0.3 is 86.8 Å². The Morgan fingerprint density at radius 3 is 0.323 bits per heavy atom. The minimum absolute atomic E-state index is 0. The largest absolute Gasteiger partial charge is 3.00 e. The Morgan fingerprint density at radius 1 is 0.323 bits per heavy atom. The van der Waals surface area contributed by atoms with Crippen LogP contribution in [0.2, 0.25) is 0 Å². The zero-order valence-electron chi connectivity index (χ0n) is 14.1. The number of halogens is 3. The van der Waals surface area contributed by atoms with Gasteiger partial charge in [-0.1, -0.05) is 0 Å². The van der Waals surface area contributed by atoms with Crippen LogP contribution in [0.3, 0.4) is 0 Å². The number of phosphoric acid groups is 3. The summed E-state index contributed by atoms with van der Waals surface area (Å²) in [6.07, 6.45) is 0. The van der Waals surface area contributed by atoms with Crippen LogP contribution in [-0.4, -0.2) is 131 Å². The molecule has 20 nitrogen and oxygen atoms in total. The van der Waals surface area contributed by atoms with Crippen molar-refractivity contribution in [1.82, 2.24) is 0 Å². The summed E-state index contributed by atoms with van der Waals surface area (Å²) in [7, 11) is -16.2. The van der Waals surface area contributed by atoms with E-state index >= 15 is 0 Å². The zero-order chi connectivity index (χ0) is 13.5. The van der Waals surface area contributed by atoms with Gasteiger partial charge in [0.25, 0.3) is 0 Å². The first-order valence-corrected chi connectivity index (χ1v) is 6.57. The van der Waals surface area contributed by atoms with Gasteiger partial charge in [-0.3, -0.25) is 0 Å². The Labute approximate surface area is 225 Å². The van der Waals surface area contributed by atoms with Crippen LogP contribution in [0.5, 0.6) is 0 Å². The van der Waals surface area contributed by atoms with Crippen molar-refractivity contribution < 1.29 is 116 Å². The smallest absolute Gasteiger partial charge is 1.00 e. The van der Waals surface area contributed by atoms with Crippen LogP contribution >= 0.6 is 23.5 Å². The van der Waals surface area contributed by atoms with E-state index < -0.39 is 23.5 Å². The molecule has 0 rings (SSSR count). The Bertz CT molecular complexity index is 232. The predicted molar refractivity (Wildman–Crippen MR) is 75.5 cm³/mol. The SMILES string of the molecule is O.O.O.O.O.O=P([O-])([O-])[O-].O=P([O-])([O-])[O-].O=P([O-])([O-])[O-].[Al+3].[Al+3].[Al+3].[Al+3].[Al+3].[F-].[F-].[F-].[OH-].[OH-].[OH-]. The normalized spacial score (nSPS) is 5.71. The molecular formula is H13Al5F3O20P3. The second-order valence-corrected chi connectivity index (χ2v) is 4.02. The van der Waals surface area contributed by atoms with Gasteiger partial charge in [0.2, 0.25) is 0 Å². The maximum absolute atomic E-state index is 8.55. The van der Waals surface area contributed by atoms with Crippen molar-refractivity contribution in [2.24, 2.45) is 0 Å². The summed E-state index contributed by atoms with van der Waals surface area (Å²) >= 11 is 0. The second-order valence-electron chi connectivity index (χ2n) is 1.34. The first kappa shape index (κ1) is 169. The monoisotopic (exact) mass is 618 g/mol. The van der Waals surface area contributed by atoms with E-state index in [-0.39, 0.29) is 145 Å². The molecule has 0 saturated heterocycles. The average molecular weight is 618 g/mol. The fourth-order valence-corrected chi connectivity index (χ4v) is 0. The Morgan fingerprint density at radius 2 is 0.323 bits per heavy atom. The van der Waals surface area contributed by atoms with Crippen molar-refractivity contribution >= 4 is 110 Å². The van der Waals surface area contributed by atoms with Gasteiger partial charge < -0.3 is 116 Å². The summed E-state index contributed by atoms with van der Waals surface area (Å²) in [4.78, 5) is 76.9. The Hall–Kier alpha value is 2.46. The third-order valence-corrected chi connectivity index (χ3v) is 0. The van der Waals surface area contributed by atoms with Gasteiger partial charge in [0.05, 0.1) is 0 Å². The summed E-state index contributed by atoms with van der Waals surface area (Å²) < 4.78 is 25.6. The molecule has 0 amide bonds. The maximum Gasteiger partial charge on any atom is 3.00 e. The van der Waals surface area contributed by atoms with Crippen LogP contribution in [-0.2, 0) is 13.7 Å². The molecule has 0 unspecified atom stereocenters. The molecule has 0 aliphatic carbocycles. The zero-order valence-corrected chi connectivity index (χ0v) is 22.6. The van der Waals surface area contributed by atoms with Crippen molar-refractivity contribution in [2.75, 3.05) is 0 Å². The minimum Gasteiger partial charge on any atom is -1.00 e. The van der Waals surface area contributed by atoms with E-state index in [1.165, 1.54) is 0 Å². The fraction of sp³-hybridized carbons (Fsp3) is 0. The Kier molecular flexibility index (Phi) is 417. The third-order valence-electron chi connectivity index (χ3n) is 0. The summed E-state index contributed by atoms with van der Waals surface area (Å²) in [5.41, 5.74) is 0. The molecule has 0 bridgehead atoms. The van der Waals surface area contributed by atoms with Gasteiger partial charge in [0.1, 0.15) is 0 Å². The molecule has 0 fully saturated rings. The van der Waals surface area contributed by atoms with Gasteiger partial charge in [-0.25, -0.2) is 0 Å². The van der Waals surface area contributed by atoms with Crippen LogP contribution in [0.1, 0.15) is 0 Å². The summed E-state index contributed by atoms with van der Waals surface area (Å²) in [6, 6.07) is 0. The van der Waals surface area contributed by atoms with Crippen LogP contribution in [0.4, 0.5) is 0 Å². The maximum atomic E-state index is 8.55. The summed E-state index contributed by atoms with van der Waals surface area (Å²) in [6.45, 7) is 0. The molecule has 184 valence electrons. The van der Waals surface area contributed by atoms with E-state index in [0.29, 0.717) is 0 Å². The van der Waals surface area contributed by atoms with Crippen molar-refractivity contribution in [3.05, 3.63) is 0 Å². The van der Waals surface area contributed by atoms with Gasteiger partial charge in [-0.15, -0.1) is 0 Å². The second kappa shape index (κ2) is 76.7. The molecule has 31 heteroatoms. The standard InChI is InChI=1S/5Al.3FH.3H3O4P.8H2O/c;;;;;;;;3*1-5(2,3)4;;;;;;;;/h;;;;;3*1H;3*(H3,1,2,3,4);8*1H2/q5*+3;;;;;;;;;;;;;;/p-15. The quantitative estimate of drug-likeness (QED) is 0.180. The van der Waals surface area contributed by atoms with E-state index in [9.17, 15) is 0 Å². The van der Waals surface area contributed by atoms with Gasteiger partial charge in [-0.2, -0.15) is 23.5 Å². The van der Waals surface area contributed by atoms with E-state index in [0.717, 1.165) is 0 Å². The molecule has 0 spiro atoms. The fourth-order valence-electron chi connectivity index (χ4n) is 0. The van der Waals surface area contributed by atoms with Crippen molar-refractivity contribution in [1.29, 1.82) is 0 Å². The van der Waals surface area contributed by atoms with Gasteiger partial charge in [-0.05, 0) is 0 Å². The summed E-state index contributed by atoms with van der Waals surface area (Å²) in [5.74, 6) is 0. The Balaban J connectivity index is -0.00000000326. The number of hydrogen-bond acceptors (Lipinski definition) is 15. The number of hydrogen-bond donors (Lipinski definition) is 0. The molecule has 0 heterocycles. The molecule has 0 saturated carbocycles. The van der Waals surface area contributed by atoms with Gasteiger partial charge in [0, 0.05) is 0 Å². The van der Waals surface area contributed by atoms with Crippen LogP contribution in [0, 0.1) is 0 Å². The van der Waals surface area contributed by atoms with Crippen molar-refractivity contribution in [3.63, 3.8) is 0 Å². The van der Waals surface area contributed by atoms with Crippen LogP contribution < -0.4 is 58.2 Å². The van der Waals surface area contributed by atoms with Crippen molar-refractivity contribution in [3.8, 4) is 0 Å². The number of rotatable bonds is 0. The molecule has 0 aromatic carbocycles. The van der Waals surface area contributed by atoms with Crippen molar-refractivity contribution in [2.45, 2.75) is 0 Å². The minimum atomic E-state index is -5.39. The molecule has 0 aliphatic heterocycles. The van der Waals surface area contributed by atoms with E-state index in [2.05, 4.69) is 0 Å².